The highest BCUT2D eigenvalue weighted by molar-refractivity contribution is 7.99. The number of rotatable bonds is 2. The summed E-state index contributed by atoms with van der Waals surface area (Å²) in [6, 6.07) is 5.82. The lowest BCUT2D eigenvalue weighted by atomic mass is 10.1. The summed E-state index contributed by atoms with van der Waals surface area (Å²) in [7, 11) is 0. The van der Waals surface area contributed by atoms with Crippen LogP contribution >= 0.6 is 11.8 Å². The lowest BCUT2D eigenvalue weighted by Crippen LogP contribution is -2.34. The zero-order chi connectivity index (χ0) is 13.7. The van der Waals surface area contributed by atoms with Crippen molar-refractivity contribution in [1.29, 1.82) is 0 Å². The molecule has 1 aliphatic heterocycles. The molecule has 4 heteroatoms. The summed E-state index contributed by atoms with van der Waals surface area (Å²) < 4.78 is 0. The Balaban J connectivity index is 2.13. The second kappa shape index (κ2) is 6.65. The number of benzene rings is 1. The van der Waals surface area contributed by atoms with E-state index in [1.165, 1.54) is 0 Å². The quantitative estimate of drug-likeness (QED) is 0.806. The lowest BCUT2D eigenvalue weighted by Gasteiger charge is -2.11. The summed E-state index contributed by atoms with van der Waals surface area (Å²) in [5, 5.41) is 11.8. The van der Waals surface area contributed by atoms with Gasteiger partial charge < -0.3 is 10.4 Å². The number of thioether (sulfide) groups is 1. The van der Waals surface area contributed by atoms with Crippen LogP contribution in [0.4, 0.5) is 0 Å². The zero-order valence-electron chi connectivity index (χ0n) is 10.9. The van der Waals surface area contributed by atoms with E-state index >= 15 is 0 Å². The summed E-state index contributed by atoms with van der Waals surface area (Å²) in [5.41, 5.74) is 2.40. The number of aliphatic hydroxyl groups excluding tert-OH is 1. The summed E-state index contributed by atoms with van der Waals surface area (Å²) in [5.74, 6) is 7.51. The Hall–Kier alpha value is -1.44. The van der Waals surface area contributed by atoms with E-state index in [0.29, 0.717) is 5.56 Å². The normalized spacial score (nSPS) is 17.7. The van der Waals surface area contributed by atoms with E-state index in [1.54, 1.807) is 6.07 Å². The van der Waals surface area contributed by atoms with Gasteiger partial charge in [0.15, 0.2) is 0 Å². The molecule has 100 valence electrons. The predicted octanol–water partition coefficient (Wildman–Crippen LogP) is 1.57. The van der Waals surface area contributed by atoms with Gasteiger partial charge in [0.2, 0.25) is 0 Å². The molecule has 2 rings (SSSR count). The van der Waals surface area contributed by atoms with Crippen molar-refractivity contribution < 1.29 is 9.90 Å². The molecule has 1 aromatic rings. The topological polar surface area (TPSA) is 49.3 Å². The molecule has 2 N–H and O–H groups in total. The van der Waals surface area contributed by atoms with Crippen LogP contribution in [0.1, 0.15) is 27.9 Å². The van der Waals surface area contributed by atoms with Crippen LogP contribution in [0.3, 0.4) is 0 Å². The average molecular weight is 275 g/mol. The van der Waals surface area contributed by atoms with Crippen molar-refractivity contribution >= 4 is 17.7 Å². The first-order chi connectivity index (χ1) is 9.19. The van der Waals surface area contributed by atoms with Crippen LogP contribution in [0.15, 0.2) is 18.2 Å². The van der Waals surface area contributed by atoms with Gasteiger partial charge in [-0.05, 0) is 42.9 Å². The van der Waals surface area contributed by atoms with Crippen LogP contribution in [-0.4, -0.2) is 35.2 Å². The summed E-state index contributed by atoms with van der Waals surface area (Å²) in [6.45, 7) is 1.76. The zero-order valence-corrected chi connectivity index (χ0v) is 11.7. The molecule has 1 atom stereocenters. The maximum Gasteiger partial charge on any atom is 0.251 e. The van der Waals surface area contributed by atoms with Gasteiger partial charge in [0.05, 0.1) is 0 Å². The molecule has 0 aromatic heterocycles. The Bertz CT molecular complexity index is 525. The molecular weight excluding hydrogens is 258 g/mol. The third-order valence-electron chi connectivity index (χ3n) is 2.92. The van der Waals surface area contributed by atoms with Crippen molar-refractivity contribution in [3.63, 3.8) is 0 Å². The van der Waals surface area contributed by atoms with E-state index in [9.17, 15) is 4.79 Å². The molecule has 1 saturated heterocycles. The van der Waals surface area contributed by atoms with Crippen molar-refractivity contribution in [2.45, 2.75) is 19.4 Å². The van der Waals surface area contributed by atoms with Gasteiger partial charge in [0.25, 0.3) is 5.91 Å². The molecule has 1 fully saturated rings. The van der Waals surface area contributed by atoms with Crippen LogP contribution in [0, 0.1) is 18.8 Å². The first-order valence-electron chi connectivity index (χ1n) is 6.29. The molecule has 3 nitrogen and oxygen atoms in total. The maximum atomic E-state index is 12.2. The largest absolute Gasteiger partial charge is 0.384 e. The van der Waals surface area contributed by atoms with Crippen LogP contribution in [0.5, 0.6) is 0 Å². The lowest BCUT2D eigenvalue weighted by molar-refractivity contribution is 0.0941. The highest BCUT2D eigenvalue weighted by atomic mass is 32.2. The van der Waals surface area contributed by atoms with Crippen molar-refractivity contribution in [2.75, 3.05) is 18.1 Å². The number of hydrogen-bond donors (Lipinski definition) is 2. The summed E-state index contributed by atoms with van der Waals surface area (Å²) >= 11 is 1.87. The van der Waals surface area contributed by atoms with Gasteiger partial charge >= 0.3 is 0 Å². The minimum Gasteiger partial charge on any atom is -0.384 e. The fraction of sp³-hybridized carbons (Fsp3) is 0.400. The van der Waals surface area contributed by atoms with Gasteiger partial charge in [0, 0.05) is 22.9 Å². The number of carbonyl (C=O) groups is 1. The van der Waals surface area contributed by atoms with Crippen molar-refractivity contribution in [2.24, 2.45) is 0 Å². The number of amides is 1. The number of aliphatic hydroxyl groups is 1. The van der Waals surface area contributed by atoms with E-state index in [-0.39, 0.29) is 18.6 Å². The van der Waals surface area contributed by atoms with E-state index in [0.717, 1.165) is 29.1 Å². The summed E-state index contributed by atoms with van der Waals surface area (Å²) in [4.78, 5) is 12.2. The number of hydrogen-bond acceptors (Lipinski definition) is 3. The van der Waals surface area contributed by atoms with Gasteiger partial charge in [0.1, 0.15) is 6.61 Å². The molecule has 0 aliphatic carbocycles. The van der Waals surface area contributed by atoms with Crippen LogP contribution in [0.2, 0.25) is 0 Å². The second-order valence-corrected chi connectivity index (χ2v) is 5.73. The van der Waals surface area contributed by atoms with Crippen LogP contribution in [0.25, 0.3) is 0 Å². The molecule has 1 unspecified atom stereocenters. The molecule has 1 amide bonds. The van der Waals surface area contributed by atoms with Gasteiger partial charge in [-0.25, -0.2) is 0 Å². The number of carbonyl (C=O) groups excluding carboxylic acids is 1. The van der Waals surface area contributed by atoms with Gasteiger partial charge in [-0.3, -0.25) is 4.79 Å². The molecule has 1 aromatic carbocycles. The Labute approximate surface area is 117 Å². The molecule has 1 heterocycles. The van der Waals surface area contributed by atoms with Crippen molar-refractivity contribution in [1.82, 2.24) is 5.32 Å². The fourth-order valence-electron chi connectivity index (χ4n) is 2.05. The molecule has 0 bridgehead atoms. The maximum absolute atomic E-state index is 12.2. The fourth-order valence-corrected chi connectivity index (χ4v) is 3.20. The first kappa shape index (κ1) is 14.0. The monoisotopic (exact) mass is 275 g/mol. The van der Waals surface area contributed by atoms with E-state index in [4.69, 9.17) is 5.11 Å². The minimum absolute atomic E-state index is 0.0387. The van der Waals surface area contributed by atoms with Gasteiger partial charge in [-0.2, -0.15) is 11.8 Å². The second-order valence-electron chi connectivity index (χ2n) is 4.58. The Morgan fingerprint density at radius 1 is 1.53 bits per heavy atom. The highest BCUT2D eigenvalue weighted by Gasteiger charge is 2.18. The molecule has 0 saturated carbocycles. The molecule has 0 radical (unpaired) electrons. The molecule has 19 heavy (non-hydrogen) atoms. The molecule has 1 aliphatic rings. The number of nitrogens with one attached hydrogen (secondary N) is 1. The van der Waals surface area contributed by atoms with Gasteiger partial charge in [-0.1, -0.05) is 11.8 Å². The van der Waals surface area contributed by atoms with Crippen molar-refractivity contribution in [3.8, 4) is 11.8 Å². The van der Waals surface area contributed by atoms with E-state index in [1.807, 2.05) is 30.8 Å². The Morgan fingerprint density at radius 2 is 2.37 bits per heavy atom. The van der Waals surface area contributed by atoms with E-state index in [2.05, 4.69) is 17.2 Å². The van der Waals surface area contributed by atoms with Crippen LogP contribution < -0.4 is 5.32 Å². The Morgan fingerprint density at radius 3 is 3.05 bits per heavy atom. The Kier molecular flexibility index (Phi) is 4.89. The minimum atomic E-state index is -0.172. The average Bonchev–Trinajstić information content (AvgIpc) is 2.88. The third-order valence-corrected chi connectivity index (χ3v) is 4.08. The highest BCUT2D eigenvalue weighted by Crippen LogP contribution is 2.18. The predicted molar refractivity (Wildman–Crippen MR) is 78.3 cm³/mol. The molecule has 0 spiro atoms. The van der Waals surface area contributed by atoms with E-state index < -0.39 is 0 Å². The van der Waals surface area contributed by atoms with Gasteiger partial charge in [-0.15, -0.1) is 0 Å². The summed E-state index contributed by atoms with van der Waals surface area (Å²) in [6.07, 6.45) is 1.04. The smallest absolute Gasteiger partial charge is 0.251 e. The SMILES string of the molecule is Cc1cc(C#CCO)cc(C(=O)NC2CCSC2)c1. The standard InChI is InChI=1S/C15H17NO2S/c1-11-7-12(3-2-5-17)9-13(8-11)15(18)16-14-4-6-19-10-14/h7-9,14,17H,4-6,10H2,1H3,(H,16,18). The van der Waals surface area contributed by atoms with Crippen molar-refractivity contribution in [3.05, 3.63) is 34.9 Å². The number of aryl methyl sites for hydroxylation is 1. The third kappa shape index (κ3) is 4.02. The molecular formula is C15H17NO2S. The first-order valence-corrected chi connectivity index (χ1v) is 7.44. The van der Waals surface area contributed by atoms with Crippen LogP contribution in [-0.2, 0) is 0 Å².